The van der Waals surface area contributed by atoms with E-state index in [1.807, 2.05) is 19.1 Å². The fourth-order valence-electron chi connectivity index (χ4n) is 2.27. The number of aromatic amines is 1. The highest BCUT2D eigenvalue weighted by molar-refractivity contribution is 5.54. The quantitative estimate of drug-likeness (QED) is 0.828. The molecule has 0 saturated carbocycles. The fourth-order valence-corrected chi connectivity index (χ4v) is 2.27. The third-order valence-corrected chi connectivity index (χ3v) is 3.16. The summed E-state index contributed by atoms with van der Waals surface area (Å²) in [5.74, 6) is 0. The Hall–Kier alpha value is -1.68. The van der Waals surface area contributed by atoms with Crippen molar-refractivity contribution >= 4 is 0 Å². The molecule has 4 nitrogen and oxygen atoms in total. The summed E-state index contributed by atoms with van der Waals surface area (Å²) in [6.45, 7) is 3.09. The Bertz CT molecular complexity index is 512. The second-order valence-electron chi connectivity index (χ2n) is 4.53. The molecule has 0 aromatic carbocycles. The summed E-state index contributed by atoms with van der Waals surface area (Å²) in [4.78, 5) is 4.69. The summed E-state index contributed by atoms with van der Waals surface area (Å²) in [5.41, 5.74) is 4.05. The van der Waals surface area contributed by atoms with Crippen molar-refractivity contribution in [1.82, 2.24) is 20.5 Å². The molecule has 1 saturated heterocycles. The zero-order chi connectivity index (χ0) is 11.7. The van der Waals surface area contributed by atoms with E-state index in [2.05, 4.69) is 27.6 Å². The first kappa shape index (κ1) is 10.5. The average Bonchev–Trinajstić information content (AvgIpc) is 3.00. The van der Waals surface area contributed by atoms with E-state index in [-0.39, 0.29) is 0 Å². The van der Waals surface area contributed by atoms with Gasteiger partial charge in [-0.1, -0.05) is 6.07 Å². The monoisotopic (exact) mass is 228 g/mol. The van der Waals surface area contributed by atoms with Gasteiger partial charge in [-0.15, -0.1) is 0 Å². The molecule has 0 radical (unpaired) electrons. The second-order valence-corrected chi connectivity index (χ2v) is 4.53. The molecular formula is C13H16N4. The van der Waals surface area contributed by atoms with Crippen LogP contribution in [0.3, 0.4) is 0 Å². The van der Waals surface area contributed by atoms with Gasteiger partial charge in [-0.05, 0) is 44.5 Å². The van der Waals surface area contributed by atoms with Gasteiger partial charge in [-0.2, -0.15) is 5.10 Å². The molecular weight excluding hydrogens is 212 g/mol. The first-order valence-electron chi connectivity index (χ1n) is 6.05. The number of hydrogen-bond donors (Lipinski definition) is 2. The van der Waals surface area contributed by atoms with E-state index in [0.29, 0.717) is 6.04 Å². The predicted molar refractivity (Wildman–Crippen MR) is 66.5 cm³/mol. The van der Waals surface area contributed by atoms with Gasteiger partial charge >= 0.3 is 0 Å². The van der Waals surface area contributed by atoms with Gasteiger partial charge in [0.15, 0.2) is 0 Å². The molecule has 88 valence electrons. The number of aryl methyl sites for hydroxylation is 1. The van der Waals surface area contributed by atoms with E-state index >= 15 is 0 Å². The van der Waals surface area contributed by atoms with Gasteiger partial charge in [0.2, 0.25) is 0 Å². The molecule has 1 fully saturated rings. The number of nitrogens with zero attached hydrogens (tertiary/aromatic N) is 2. The van der Waals surface area contributed by atoms with Crippen molar-refractivity contribution in [2.45, 2.75) is 25.8 Å². The standard InChI is InChI=1S/C13H16N4/c1-9-8-13(17-16-9)12-5-2-4-11(15-12)10-6-3-7-14-10/h2,4-5,8,10,14H,3,6-7H2,1H3,(H,16,17). The van der Waals surface area contributed by atoms with Gasteiger partial charge in [0.25, 0.3) is 0 Å². The summed E-state index contributed by atoms with van der Waals surface area (Å²) in [5, 5.41) is 10.7. The maximum absolute atomic E-state index is 4.69. The summed E-state index contributed by atoms with van der Waals surface area (Å²) in [7, 11) is 0. The summed E-state index contributed by atoms with van der Waals surface area (Å²) in [6.07, 6.45) is 2.41. The van der Waals surface area contributed by atoms with Crippen LogP contribution >= 0.6 is 0 Å². The number of aromatic nitrogens is 3. The van der Waals surface area contributed by atoms with Crippen LogP contribution in [0.25, 0.3) is 11.4 Å². The number of hydrogen-bond acceptors (Lipinski definition) is 3. The number of rotatable bonds is 2. The summed E-state index contributed by atoms with van der Waals surface area (Å²) >= 11 is 0. The van der Waals surface area contributed by atoms with E-state index < -0.39 is 0 Å². The Morgan fingerprint density at radius 1 is 1.29 bits per heavy atom. The predicted octanol–water partition coefficient (Wildman–Crippen LogP) is 2.20. The third-order valence-electron chi connectivity index (χ3n) is 3.16. The summed E-state index contributed by atoms with van der Waals surface area (Å²) in [6, 6.07) is 8.59. The van der Waals surface area contributed by atoms with Crippen LogP contribution in [0.15, 0.2) is 24.3 Å². The van der Waals surface area contributed by atoms with E-state index in [1.165, 1.54) is 12.8 Å². The first-order valence-corrected chi connectivity index (χ1v) is 6.05. The van der Waals surface area contributed by atoms with Crippen molar-refractivity contribution in [1.29, 1.82) is 0 Å². The number of nitrogens with one attached hydrogen (secondary N) is 2. The number of H-pyrrole nitrogens is 1. The van der Waals surface area contributed by atoms with Crippen LogP contribution in [0, 0.1) is 6.92 Å². The van der Waals surface area contributed by atoms with E-state index in [0.717, 1.165) is 29.3 Å². The molecule has 2 N–H and O–H groups in total. The van der Waals surface area contributed by atoms with Gasteiger partial charge in [0.1, 0.15) is 5.69 Å². The van der Waals surface area contributed by atoms with Gasteiger partial charge in [0.05, 0.1) is 11.4 Å². The Morgan fingerprint density at radius 2 is 2.24 bits per heavy atom. The van der Waals surface area contributed by atoms with E-state index in [4.69, 9.17) is 4.98 Å². The average molecular weight is 228 g/mol. The molecule has 17 heavy (non-hydrogen) atoms. The van der Waals surface area contributed by atoms with Crippen LogP contribution in [0.4, 0.5) is 0 Å². The van der Waals surface area contributed by atoms with Gasteiger partial charge in [0, 0.05) is 11.7 Å². The minimum Gasteiger partial charge on any atom is -0.309 e. The molecule has 0 bridgehead atoms. The highest BCUT2D eigenvalue weighted by Crippen LogP contribution is 2.23. The van der Waals surface area contributed by atoms with E-state index in [1.54, 1.807) is 0 Å². The van der Waals surface area contributed by atoms with Crippen molar-refractivity contribution in [2.75, 3.05) is 6.54 Å². The molecule has 3 rings (SSSR count). The summed E-state index contributed by atoms with van der Waals surface area (Å²) < 4.78 is 0. The molecule has 4 heteroatoms. The fraction of sp³-hybridized carbons (Fsp3) is 0.385. The molecule has 2 aromatic rings. The zero-order valence-electron chi connectivity index (χ0n) is 9.90. The maximum atomic E-state index is 4.69. The molecule has 0 amide bonds. The minimum atomic E-state index is 0.412. The Kier molecular flexibility index (Phi) is 2.65. The normalized spacial score (nSPS) is 19.7. The largest absolute Gasteiger partial charge is 0.309 e. The van der Waals surface area contributed by atoms with Gasteiger partial charge in [-0.25, -0.2) is 4.98 Å². The highest BCUT2D eigenvalue weighted by atomic mass is 15.1. The molecule has 1 aliphatic rings. The van der Waals surface area contributed by atoms with Crippen molar-refractivity contribution in [2.24, 2.45) is 0 Å². The Balaban J connectivity index is 1.93. The van der Waals surface area contributed by atoms with Gasteiger partial charge < -0.3 is 5.32 Å². The third kappa shape index (κ3) is 2.08. The van der Waals surface area contributed by atoms with Crippen molar-refractivity contribution in [3.05, 3.63) is 35.7 Å². The Morgan fingerprint density at radius 3 is 2.94 bits per heavy atom. The lowest BCUT2D eigenvalue weighted by molar-refractivity contribution is 0.628. The Labute approximate surface area is 100 Å². The van der Waals surface area contributed by atoms with Crippen LogP contribution in [0.5, 0.6) is 0 Å². The van der Waals surface area contributed by atoms with E-state index in [9.17, 15) is 0 Å². The maximum Gasteiger partial charge on any atom is 0.111 e. The molecule has 1 unspecified atom stereocenters. The molecule has 2 aromatic heterocycles. The van der Waals surface area contributed by atoms with Crippen LogP contribution < -0.4 is 5.32 Å². The van der Waals surface area contributed by atoms with Crippen LogP contribution in [0.1, 0.15) is 30.3 Å². The molecule has 0 aliphatic carbocycles. The lowest BCUT2D eigenvalue weighted by atomic mass is 10.1. The zero-order valence-corrected chi connectivity index (χ0v) is 9.90. The topological polar surface area (TPSA) is 53.6 Å². The molecule has 0 spiro atoms. The SMILES string of the molecule is Cc1cc(-c2cccc(C3CCCN3)n2)n[nH]1. The molecule has 3 heterocycles. The van der Waals surface area contributed by atoms with Crippen molar-refractivity contribution < 1.29 is 0 Å². The van der Waals surface area contributed by atoms with Crippen LogP contribution in [-0.2, 0) is 0 Å². The van der Waals surface area contributed by atoms with Crippen molar-refractivity contribution in [3.8, 4) is 11.4 Å². The first-order chi connectivity index (χ1) is 8.33. The smallest absolute Gasteiger partial charge is 0.111 e. The molecule has 1 aliphatic heterocycles. The number of pyridine rings is 1. The van der Waals surface area contributed by atoms with Crippen LogP contribution in [-0.4, -0.2) is 21.7 Å². The lowest BCUT2D eigenvalue weighted by Crippen LogP contribution is -2.14. The van der Waals surface area contributed by atoms with Crippen LogP contribution in [0.2, 0.25) is 0 Å². The highest BCUT2D eigenvalue weighted by Gasteiger charge is 2.17. The lowest BCUT2D eigenvalue weighted by Gasteiger charge is -2.09. The second kappa shape index (κ2) is 4.30. The van der Waals surface area contributed by atoms with Gasteiger partial charge in [-0.3, -0.25) is 5.10 Å². The van der Waals surface area contributed by atoms with Crippen molar-refractivity contribution in [3.63, 3.8) is 0 Å². The molecule has 1 atom stereocenters. The minimum absolute atomic E-state index is 0.412.